The smallest absolute Gasteiger partial charge is 0.261 e. The fourth-order valence-corrected chi connectivity index (χ4v) is 3.76. The Kier molecular flexibility index (Phi) is 4.92. The monoisotopic (exact) mass is 378 g/mol. The van der Waals surface area contributed by atoms with Gasteiger partial charge in [-0.1, -0.05) is 0 Å². The number of pyridine rings is 3. The van der Waals surface area contributed by atoms with Crippen molar-refractivity contribution in [3.63, 3.8) is 0 Å². The second-order valence-electron chi connectivity index (χ2n) is 7.26. The Labute approximate surface area is 162 Å². The Hall–Kier alpha value is -3.06. The van der Waals surface area contributed by atoms with Gasteiger partial charge in [0.2, 0.25) is 5.43 Å². The van der Waals surface area contributed by atoms with Crippen LogP contribution in [-0.2, 0) is 0 Å². The van der Waals surface area contributed by atoms with Crippen molar-refractivity contribution in [2.24, 2.45) is 0 Å². The molecule has 1 fully saturated rings. The number of amides is 1. The van der Waals surface area contributed by atoms with E-state index in [1.165, 1.54) is 0 Å². The first-order valence-corrected chi connectivity index (χ1v) is 9.44. The van der Waals surface area contributed by atoms with Gasteiger partial charge in [-0.2, -0.15) is 0 Å². The summed E-state index contributed by atoms with van der Waals surface area (Å²) in [6.45, 7) is 1.85. The molecule has 0 atom stereocenters. The number of anilines is 1. The molecule has 28 heavy (non-hydrogen) atoms. The lowest BCUT2D eigenvalue weighted by atomic mass is 9.92. The van der Waals surface area contributed by atoms with Crippen LogP contribution in [0.3, 0.4) is 0 Å². The molecule has 3 aromatic heterocycles. The summed E-state index contributed by atoms with van der Waals surface area (Å²) >= 11 is 0. The van der Waals surface area contributed by atoms with E-state index in [4.69, 9.17) is 0 Å². The summed E-state index contributed by atoms with van der Waals surface area (Å²) in [5.74, 6) is -0.449. The minimum atomic E-state index is -0.449. The number of aromatic nitrogens is 3. The van der Waals surface area contributed by atoms with Gasteiger partial charge in [0, 0.05) is 36.5 Å². The number of aliphatic hydroxyl groups excluding tert-OH is 1. The van der Waals surface area contributed by atoms with Crippen LogP contribution in [0.15, 0.2) is 47.8 Å². The molecule has 1 amide bonds. The average Bonchev–Trinajstić information content (AvgIpc) is 2.71. The SMILES string of the molecule is Cc1cnccc1NC(=O)c1cn([C@H]2CC[C@H](O)CC2)c2ncccc2c1=O. The van der Waals surface area contributed by atoms with Crippen molar-refractivity contribution in [2.75, 3.05) is 5.32 Å². The Bertz CT molecular complexity index is 1080. The maximum absolute atomic E-state index is 13.0. The second kappa shape index (κ2) is 7.52. The van der Waals surface area contributed by atoms with Crippen LogP contribution in [-0.4, -0.2) is 31.7 Å². The Morgan fingerprint density at radius 3 is 2.75 bits per heavy atom. The molecule has 0 saturated heterocycles. The molecule has 3 aromatic rings. The number of hydrogen-bond acceptors (Lipinski definition) is 5. The molecule has 4 rings (SSSR count). The van der Waals surface area contributed by atoms with Gasteiger partial charge in [0.15, 0.2) is 0 Å². The molecule has 144 valence electrons. The lowest BCUT2D eigenvalue weighted by Gasteiger charge is -2.28. The number of aryl methyl sites for hydroxylation is 1. The van der Waals surface area contributed by atoms with E-state index >= 15 is 0 Å². The second-order valence-corrected chi connectivity index (χ2v) is 7.26. The van der Waals surface area contributed by atoms with E-state index in [1.54, 1.807) is 43.0 Å². The first-order chi connectivity index (χ1) is 13.5. The molecule has 3 heterocycles. The normalized spacial score (nSPS) is 19.5. The molecule has 0 aliphatic heterocycles. The van der Waals surface area contributed by atoms with E-state index in [0.717, 1.165) is 18.4 Å². The molecule has 0 radical (unpaired) electrons. The van der Waals surface area contributed by atoms with Crippen molar-refractivity contribution < 1.29 is 9.90 Å². The molecule has 0 bridgehead atoms. The van der Waals surface area contributed by atoms with Crippen LogP contribution in [0, 0.1) is 6.92 Å². The number of aliphatic hydroxyl groups is 1. The predicted octanol–water partition coefficient (Wildman–Crippen LogP) is 2.83. The molecular formula is C21H22N4O3. The van der Waals surface area contributed by atoms with Gasteiger partial charge in [-0.25, -0.2) is 4.98 Å². The highest BCUT2D eigenvalue weighted by Gasteiger charge is 2.24. The topological polar surface area (TPSA) is 97.1 Å². The molecule has 1 aliphatic rings. The average molecular weight is 378 g/mol. The predicted molar refractivity (Wildman–Crippen MR) is 106 cm³/mol. The van der Waals surface area contributed by atoms with Gasteiger partial charge in [-0.05, 0) is 56.4 Å². The minimum absolute atomic E-state index is 0.0860. The van der Waals surface area contributed by atoms with E-state index in [9.17, 15) is 14.7 Å². The third-order valence-electron chi connectivity index (χ3n) is 5.36. The summed E-state index contributed by atoms with van der Waals surface area (Å²) in [6, 6.07) is 5.20. The fraction of sp³-hybridized carbons (Fsp3) is 0.333. The summed E-state index contributed by atoms with van der Waals surface area (Å²) in [5, 5.41) is 13.1. The highest BCUT2D eigenvalue weighted by molar-refractivity contribution is 6.05. The van der Waals surface area contributed by atoms with Crippen molar-refractivity contribution >= 4 is 22.6 Å². The maximum Gasteiger partial charge on any atom is 0.261 e. The number of nitrogens with one attached hydrogen (secondary N) is 1. The van der Waals surface area contributed by atoms with E-state index in [-0.39, 0.29) is 23.1 Å². The van der Waals surface area contributed by atoms with Crippen molar-refractivity contribution in [2.45, 2.75) is 44.8 Å². The van der Waals surface area contributed by atoms with Crippen LogP contribution < -0.4 is 10.7 Å². The van der Waals surface area contributed by atoms with E-state index in [0.29, 0.717) is 29.6 Å². The number of carbonyl (C=O) groups excluding carboxylic acids is 1. The van der Waals surface area contributed by atoms with Gasteiger partial charge < -0.3 is 15.0 Å². The van der Waals surface area contributed by atoms with Gasteiger partial charge >= 0.3 is 0 Å². The maximum atomic E-state index is 13.0. The van der Waals surface area contributed by atoms with Crippen molar-refractivity contribution in [3.05, 3.63) is 64.3 Å². The molecule has 1 aliphatic carbocycles. The van der Waals surface area contributed by atoms with Crippen molar-refractivity contribution in [1.82, 2.24) is 14.5 Å². The van der Waals surface area contributed by atoms with Crippen LogP contribution in [0.5, 0.6) is 0 Å². The summed E-state index contributed by atoms with van der Waals surface area (Å²) < 4.78 is 1.93. The Morgan fingerprint density at radius 1 is 1.21 bits per heavy atom. The van der Waals surface area contributed by atoms with Crippen LogP contribution in [0.4, 0.5) is 5.69 Å². The van der Waals surface area contributed by atoms with Gasteiger partial charge in [-0.3, -0.25) is 14.6 Å². The first kappa shape index (κ1) is 18.3. The molecule has 0 aromatic carbocycles. The quantitative estimate of drug-likeness (QED) is 0.730. The van der Waals surface area contributed by atoms with Crippen LogP contribution in [0.1, 0.15) is 47.6 Å². The third-order valence-corrected chi connectivity index (χ3v) is 5.36. The van der Waals surface area contributed by atoms with Crippen molar-refractivity contribution in [3.8, 4) is 0 Å². The van der Waals surface area contributed by atoms with Gasteiger partial charge in [0.05, 0.1) is 11.5 Å². The first-order valence-electron chi connectivity index (χ1n) is 9.44. The summed E-state index contributed by atoms with van der Waals surface area (Å²) in [5.41, 5.74) is 1.77. The summed E-state index contributed by atoms with van der Waals surface area (Å²) in [6.07, 6.45) is 9.19. The number of fused-ring (bicyclic) bond motifs is 1. The molecule has 0 unspecified atom stereocenters. The lowest BCUT2D eigenvalue weighted by molar-refractivity contribution is 0.102. The molecular weight excluding hydrogens is 356 g/mol. The number of rotatable bonds is 3. The summed E-state index contributed by atoms with van der Waals surface area (Å²) in [4.78, 5) is 34.3. The van der Waals surface area contributed by atoms with E-state index in [2.05, 4.69) is 15.3 Å². The molecule has 2 N–H and O–H groups in total. The van der Waals surface area contributed by atoms with E-state index in [1.807, 2.05) is 11.5 Å². The molecule has 1 saturated carbocycles. The van der Waals surface area contributed by atoms with E-state index < -0.39 is 5.91 Å². The highest BCUT2D eigenvalue weighted by Crippen LogP contribution is 2.30. The Balaban J connectivity index is 1.78. The number of carbonyl (C=O) groups is 1. The minimum Gasteiger partial charge on any atom is -0.393 e. The molecule has 7 heteroatoms. The van der Waals surface area contributed by atoms with Crippen LogP contribution in [0.2, 0.25) is 0 Å². The van der Waals surface area contributed by atoms with Crippen LogP contribution in [0.25, 0.3) is 11.0 Å². The zero-order valence-corrected chi connectivity index (χ0v) is 15.6. The Morgan fingerprint density at radius 2 is 2.00 bits per heavy atom. The van der Waals surface area contributed by atoms with Gasteiger partial charge in [0.1, 0.15) is 11.2 Å². The third kappa shape index (κ3) is 3.41. The van der Waals surface area contributed by atoms with Crippen molar-refractivity contribution in [1.29, 1.82) is 0 Å². The number of nitrogens with zero attached hydrogens (tertiary/aromatic N) is 3. The van der Waals surface area contributed by atoms with Crippen LogP contribution >= 0.6 is 0 Å². The standard InChI is InChI=1S/C21H22N4O3/c1-13-11-22-10-8-18(13)24-21(28)17-12-25(14-4-6-15(26)7-5-14)20-16(19(17)27)3-2-9-23-20/h2-3,8-12,14-15,26H,4-7H2,1H3,(H,22,24,28)/t14-,15-. The molecule has 0 spiro atoms. The number of hydrogen-bond donors (Lipinski definition) is 2. The largest absolute Gasteiger partial charge is 0.393 e. The summed E-state index contributed by atoms with van der Waals surface area (Å²) in [7, 11) is 0. The highest BCUT2D eigenvalue weighted by atomic mass is 16.3. The zero-order chi connectivity index (χ0) is 19.7. The van der Waals surface area contributed by atoms with Gasteiger partial charge in [-0.15, -0.1) is 0 Å². The zero-order valence-electron chi connectivity index (χ0n) is 15.6. The van der Waals surface area contributed by atoms with Gasteiger partial charge in [0.25, 0.3) is 5.91 Å². The lowest BCUT2D eigenvalue weighted by Crippen LogP contribution is -2.27. The fourth-order valence-electron chi connectivity index (χ4n) is 3.76. The molecule has 7 nitrogen and oxygen atoms in total.